The summed E-state index contributed by atoms with van der Waals surface area (Å²) in [6.07, 6.45) is 4.61. The normalized spacial score (nSPS) is 13.0. The third-order valence-electron chi connectivity index (χ3n) is 3.99. The molecule has 1 aliphatic heterocycles. The topological polar surface area (TPSA) is 42.7 Å². The van der Waals surface area contributed by atoms with Gasteiger partial charge in [-0.15, -0.1) is 0 Å². The van der Waals surface area contributed by atoms with Gasteiger partial charge in [0.15, 0.2) is 0 Å². The van der Waals surface area contributed by atoms with Crippen LogP contribution in [0.5, 0.6) is 0 Å². The third-order valence-corrected chi connectivity index (χ3v) is 4.22. The number of hydrogen-bond donors (Lipinski definition) is 1. The van der Waals surface area contributed by atoms with Gasteiger partial charge in [-0.2, -0.15) is 5.10 Å². The van der Waals surface area contributed by atoms with E-state index >= 15 is 0 Å². The predicted octanol–water partition coefficient (Wildman–Crippen LogP) is 3.86. The van der Waals surface area contributed by atoms with Gasteiger partial charge >= 0.3 is 0 Å². The number of anilines is 1. The predicted molar refractivity (Wildman–Crippen MR) is 88.7 cm³/mol. The molecule has 5 heteroatoms. The Bertz CT molecular complexity index is 839. The molecule has 0 radical (unpaired) electrons. The molecule has 0 unspecified atom stereocenters. The van der Waals surface area contributed by atoms with E-state index in [2.05, 4.69) is 17.2 Å². The second-order valence-corrected chi connectivity index (χ2v) is 5.87. The van der Waals surface area contributed by atoms with Gasteiger partial charge in [0, 0.05) is 35.1 Å². The molecule has 1 aromatic carbocycles. The summed E-state index contributed by atoms with van der Waals surface area (Å²) in [5.74, 6) is 1.06. The Balaban J connectivity index is 1.94. The van der Waals surface area contributed by atoms with Crippen LogP contribution in [0, 0.1) is 6.92 Å². The zero-order valence-electron chi connectivity index (χ0n) is 12.2. The fourth-order valence-corrected chi connectivity index (χ4v) is 3.06. The van der Waals surface area contributed by atoms with Gasteiger partial charge in [-0.1, -0.05) is 17.7 Å². The largest absolute Gasteiger partial charge is 0.369 e. The first-order valence-corrected chi connectivity index (χ1v) is 7.64. The van der Waals surface area contributed by atoms with Gasteiger partial charge in [-0.05, 0) is 43.2 Å². The smallest absolute Gasteiger partial charge is 0.133 e. The molecule has 22 heavy (non-hydrogen) atoms. The standard InChI is InChI=1S/C17H15ClN4/c1-11-4-5-13(18)9-15(11)22-17-14(6-8-20-17)16(21-22)12-3-2-7-19-10-12/h2-5,7,9-10,20H,6,8H2,1H3. The molecule has 0 saturated heterocycles. The van der Waals surface area contributed by atoms with Crippen molar-refractivity contribution in [1.82, 2.24) is 14.8 Å². The van der Waals surface area contributed by atoms with Crippen molar-refractivity contribution in [3.8, 4) is 16.9 Å². The fraction of sp³-hybridized carbons (Fsp3) is 0.176. The Kier molecular flexibility index (Phi) is 3.12. The Hall–Kier alpha value is -2.33. The highest BCUT2D eigenvalue weighted by Crippen LogP contribution is 2.35. The molecule has 0 spiro atoms. The minimum atomic E-state index is 0.714. The Morgan fingerprint density at radius 3 is 3.00 bits per heavy atom. The lowest BCUT2D eigenvalue weighted by Gasteiger charge is -2.10. The van der Waals surface area contributed by atoms with Crippen molar-refractivity contribution in [2.45, 2.75) is 13.3 Å². The van der Waals surface area contributed by atoms with Gasteiger partial charge in [0.1, 0.15) is 5.82 Å². The monoisotopic (exact) mass is 310 g/mol. The van der Waals surface area contributed by atoms with Crippen LogP contribution in [0.15, 0.2) is 42.7 Å². The number of nitrogens with zero attached hydrogens (tertiary/aromatic N) is 3. The van der Waals surface area contributed by atoms with Crippen LogP contribution >= 0.6 is 11.6 Å². The first kappa shape index (κ1) is 13.3. The summed E-state index contributed by atoms with van der Waals surface area (Å²) in [6, 6.07) is 9.86. The van der Waals surface area contributed by atoms with Gasteiger partial charge in [0.25, 0.3) is 0 Å². The molecular formula is C17H15ClN4. The van der Waals surface area contributed by atoms with Gasteiger partial charge in [-0.3, -0.25) is 4.98 Å². The van der Waals surface area contributed by atoms with E-state index in [1.807, 2.05) is 41.2 Å². The maximum atomic E-state index is 6.17. The summed E-state index contributed by atoms with van der Waals surface area (Å²) in [4.78, 5) is 4.21. The van der Waals surface area contributed by atoms with Gasteiger partial charge < -0.3 is 5.32 Å². The lowest BCUT2D eigenvalue weighted by Crippen LogP contribution is -2.05. The maximum absolute atomic E-state index is 6.17. The molecule has 3 heterocycles. The Labute approximate surface area is 133 Å². The molecule has 0 amide bonds. The molecule has 0 aliphatic carbocycles. The van der Waals surface area contributed by atoms with Crippen LogP contribution in [0.4, 0.5) is 5.82 Å². The molecule has 0 atom stereocenters. The molecule has 0 bridgehead atoms. The molecule has 2 aromatic heterocycles. The van der Waals surface area contributed by atoms with Crippen molar-refractivity contribution in [1.29, 1.82) is 0 Å². The SMILES string of the molecule is Cc1ccc(Cl)cc1-n1nc(-c2cccnc2)c2c1NCC2. The second kappa shape index (κ2) is 5.14. The molecule has 3 aromatic rings. The first-order chi connectivity index (χ1) is 10.7. The number of nitrogens with one attached hydrogen (secondary N) is 1. The van der Waals surface area contributed by atoms with Crippen molar-refractivity contribution in [2.75, 3.05) is 11.9 Å². The zero-order valence-corrected chi connectivity index (χ0v) is 12.9. The van der Waals surface area contributed by atoms with E-state index in [-0.39, 0.29) is 0 Å². The Morgan fingerprint density at radius 2 is 2.18 bits per heavy atom. The minimum Gasteiger partial charge on any atom is -0.369 e. The van der Waals surface area contributed by atoms with E-state index in [1.165, 1.54) is 5.56 Å². The molecule has 4 nitrogen and oxygen atoms in total. The zero-order chi connectivity index (χ0) is 15.1. The van der Waals surface area contributed by atoms with E-state index in [0.717, 1.165) is 41.3 Å². The molecule has 4 rings (SSSR count). The van der Waals surface area contributed by atoms with Crippen LogP contribution in [-0.2, 0) is 6.42 Å². The number of hydrogen-bond acceptors (Lipinski definition) is 3. The summed E-state index contributed by atoms with van der Waals surface area (Å²) in [5, 5.41) is 8.98. The summed E-state index contributed by atoms with van der Waals surface area (Å²) in [7, 11) is 0. The number of rotatable bonds is 2. The van der Waals surface area contributed by atoms with E-state index in [0.29, 0.717) is 5.02 Å². The van der Waals surface area contributed by atoms with Crippen molar-refractivity contribution < 1.29 is 0 Å². The molecule has 110 valence electrons. The highest BCUT2D eigenvalue weighted by molar-refractivity contribution is 6.30. The summed E-state index contributed by atoms with van der Waals surface area (Å²) < 4.78 is 1.96. The summed E-state index contributed by atoms with van der Waals surface area (Å²) in [6.45, 7) is 3.00. The number of benzene rings is 1. The van der Waals surface area contributed by atoms with Crippen LogP contribution in [0.3, 0.4) is 0 Å². The van der Waals surface area contributed by atoms with Crippen molar-refractivity contribution in [3.05, 3.63) is 58.9 Å². The third kappa shape index (κ3) is 2.07. The van der Waals surface area contributed by atoms with Crippen molar-refractivity contribution in [3.63, 3.8) is 0 Å². The number of pyridine rings is 1. The molecule has 0 fully saturated rings. The van der Waals surface area contributed by atoms with E-state index in [1.54, 1.807) is 6.20 Å². The average Bonchev–Trinajstić information content (AvgIpc) is 3.13. The highest BCUT2D eigenvalue weighted by atomic mass is 35.5. The van der Waals surface area contributed by atoms with Crippen LogP contribution in [0.1, 0.15) is 11.1 Å². The van der Waals surface area contributed by atoms with Crippen molar-refractivity contribution in [2.24, 2.45) is 0 Å². The highest BCUT2D eigenvalue weighted by Gasteiger charge is 2.24. The van der Waals surface area contributed by atoms with E-state index in [4.69, 9.17) is 16.7 Å². The lowest BCUT2D eigenvalue weighted by molar-refractivity contribution is 0.875. The summed E-state index contributed by atoms with van der Waals surface area (Å²) in [5.41, 5.74) is 5.43. The number of halogens is 1. The average molecular weight is 311 g/mol. The lowest BCUT2D eigenvalue weighted by atomic mass is 10.1. The fourth-order valence-electron chi connectivity index (χ4n) is 2.89. The van der Waals surface area contributed by atoms with Gasteiger partial charge in [0.2, 0.25) is 0 Å². The van der Waals surface area contributed by atoms with Gasteiger partial charge in [-0.25, -0.2) is 4.68 Å². The maximum Gasteiger partial charge on any atom is 0.133 e. The van der Waals surface area contributed by atoms with Crippen molar-refractivity contribution >= 4 is 17.4 Å². The van der Waals surface area contributed by atoms with E-state index in [9.17, 15) is 0 Å². The first-order valence-electron chi connectivity index (χ1n) is 7.27. The molecule has 1 aliphatic rings. The van der Waals surface area contributed by atoms with E-state index < -0.39 is 0 Å². The van der Waals surface area contributed by atoms with Crippen LogP contribution in [0.25, 0.3) is 16.9 Å². The molecular weight excluding hydrogens is 296 g/mol. The molecule has 0 saturated carbocycles. The van der Waals surface area contributed by atoms with Gasteiger partial charge in [0.05, 0.1) is 11.4 Å². The summed E-state index contributed by atoms with van der Waals surface area (Å²) >= 11 is 6.17. The van der Waals surface area contributed by atoms with Crippen LogP contribution < -0.4 is 5.32 Å². The number of aromatic nitrogens is 3. The van der Waals surface area contributed by atoms with Crippen LogP contribution in [-0.4, -0.2) is 21.3 Å². The minimum absolute atomic E-state index is 0.714. The quantitative estimate of drug-likeness (QED) is 0.781. The molecule has 1 N–H and O–H groups in total. The Morgan fingerprint density at radius 1 is 1.27 bits per heavy atom. The second-order valence-electron chi connectivity index (χ2n) is 5.44. The number of aryl methyl sites for hydroxylation is 1. The number of fused-ring (bicyclic) bond motifs is 1. The van der Waals surface area contributed by atoms with Crippen LogP contribution in [0.2, 0.25) is 5.02 Å².